The molecule has 1 aliphatic rings. The van der Waals surface area contributed by atoms with E-state index in [2.05, 4.69) is 5.32 Å². The van der Waals surface area contributed by atoms with Crippen LogP contribution in [-0.4, -0.2) is 59.1 Å². The average Bonchev–Trinajstić information content (AvgIpc) is 2.88. The molecule has 172 valence electrons. The Morgan fingerprint density at radius 1 is 1.13 bits per heavy atom. The molecule has 7 nitrogen and oxygen atoms in total. The number of carboxylic acids is 1. The molecule has 1 aliphatic heterocycles. The van der Waals surface area contributed by atoms with E-state index in [-0.39, 0.29) is 12.5 Å². The van der Waals surface area contributed by atoms with Gasteiger partial charge in [0.1, 0.15) is 12.1 Å². The van der Waals surface area contributed by atoms with Gasteiger partial charge >= 0.3 is 11.9 Å². The molecule has 1 unspecified atom stereocenters. The molecule has 31 heavy (non-hydrogen) atoms. The Bertz CT molecular complexity index is 709. The van der Waals surface area contributed by atoms with E-state index in [0.717, 1.165) is 37.7 Å². The van der Waals surface area contributed by atoms with Gasteiger partial charge in [0.05, 0.1) is 12.6 Å². The predicted molar refractivity (Wildman–Crippen MR) is 119 cm³/mol. The van der Waals surface area contributed by atoms with Crippen molar-refractivity contribution in [1.82, 2.24) is 10.2 Å². The van der Waals surface area contributed by atoms with Gasteiger partial charge in [-0.25, -0.2) is 4.79 Å². The van der Waals surface area contributed by atoms with Gasteiger partial charge < -0.3 is 14.7 Å². The minimum absolute atomic E-state index is 0.262. The zero-order valence-electron chi connectivity index (χ0n) is 18.7. The second-order valence-electron chi connectivity index (χ2n) is 8.16. The molecule has 1 aromatic carbocycles. The first-order valence-electron chi connectivity index (χ1n) is 11.4. The number of ether oxygens (including phenoxy) is 1. The molecule has 1 saturated heterocycles. The molecule has 0 aromatic heterocycles. The second-order valence-corrected chi connectivity index (χ2v) is 8.16. The monoisotopic (exact) mass is 432 g/mol. The minimum atomic E-state index is -0.964. The van der Waals surface area contributed by atoms with Crippen molar-refractivity contribution in [3.05, 3.63) is 35.9 Å². The van der Waals surface area contributed by atoms with Crippen LogP contribution in [0.15, 0.2) is 30.3 Å². The Morgan fingerprint density at radius 3 is 2.48 bits per heavy atom. The van der Waals surface area contributed by atoms with Crippen molar-refractivity contribution < 1.29 is 24.2 Å². The number of benzene rings is 1. The number of hydrogen-bond acceptors (Lipinski definition) is 5. The Hall–Kier alpha value is -2.41. The second kappa shape index (κ2) is 13.1. The molecular formula is C24H36N2O5. The van der Waals surface area contributed by atoms with Crippen LogP contribution in [0.25, 0.3) is 0 Å². The number of amides is 1. The lowest BCUT2D eigenvalue weighted by Gasteiger charge is -2.32. The van der Waals surface area contributed by atoms with E-state index in [1.54, 1.807) is 13.8 Å². The molecule has 2 rings (SSSR count). The molecule has 1 aromatic rings. The predicted octanol–water partition coefficient (Wildman–Crippen LogP) is 3.17. The highest BCUT2D eigenvalue weighted by atomic mass is 16.5. The van der Waals surface area contributed by atoms with Crippen LogP contribution in [0.1, 0.15) is 64.4 Å². The first-order chi connectivity index (χ1) is 14.9. The Labute approximate surface area is 185 Å². The zero-order valence-corrected chi connectivity index (χ0v) is 18.7. The summed E-state index contributed by atoms with van der Waals surface area (Å²) in [5.41, 5.74) is 1.10. The van der Waals surface area contributed by atoms with Crippen LogP contribution < -0.4 is 5.32 Å². The quantitative estimate of drug-likeness (QED) is 0.582. The SMILES string of the molecule is CCOC(=O)[C@H](CCc1ccccc1)NC(C)C(=O)N1CCCCCCC[C@H]1C(=O)O. The third-order valence-electron chi connectivity index (χ3n) is 5.78. The van der Waals surface area contributed by atoms with Gasteiger partial charge in [-0.1, -0.05) is 56.0 Å². The molecule has 1 heterocycles. The zero-order chi connectivity index (χ0) is 22.6. The maximum absolute atomic E-state index is 13.2. The average molecular weight is 433 g/mol. The lowest BCUT2D eigenvalue weighted by Crippen LogP contribution is -2.55. The summed E-state index contributed by atoms with van der Waals surface area (Å²) in [4.78, 5) is 39.1. The summed E-state index contributed by atoms with van der Waals surface area (Å²) in [7, 11) is 0. The molecule has 0 aliphatic carbocycles. The first-order valence-corrected chi connectivity index (χ1v) is 11.4. The van der Waals surface area contributed by atoms with Crippen LogP contribution in [0, 0.1) is 0 Å². The number of carbonyl (C=O) groups is 3. The molecule has 0 bridgehead atoms. The molecule has 7 heteroatoms. The summed E-state index contributed by atoms with van der Waals surface area (Å²) in [6.07, 6.45) is 6.24. The van der Waals surface area contributed by atoms with E-state index < -0.39 is 30.1 Å². The van der Waals surface area contributed by atoms with Crippen LogP contribution in [0.4, 0.5) is 0 Å². The highest BCUT2D eigenvalue weighted by Crippen LogP contribution is 2.18. The fraction of sp³-hybridized carbons (Fsp3) is 0.625. The summed E-state index contributed by atoms with van der Waals surface area (Å²) >= 11 is 0. The van der Waals surface area contributed by atoms with Gasteiger partial charge in [-0.05, 0) is 45.1 Å². The summed E-state index contributed by atoms with van der Waals surface area (Å²) < 4.78 is 5.21. The fourth-order valence-electron chi connectivity index (χ4n) is 4.07. The number of hydrogen-bond donors (Lipinski definition) is 2. The molecular weight excluding hydrogens is 396 g/mol. The van der Waals surface area contributed by atoms with Gasteiger partial charge in [0.25, 0.3) is 0 Å². The largest absolute Gasteiger partial charge is 0.480 e. The summed E-state index contributed by atoms with van der Waals surface area (Å²) in [5.74, 6) is -1.63. The van der Waals surface area contributed by atoms with Gasteiger partial charge in [-0.3, -0.25) is 14.9 Å². The van der Waals surface area contributed by atoms with Gasteiger partial charge in [-0.2, -0.15) is 0 Å². The Morgan fingerprint density at radius 2 is 1.81 bits per heavy atom. The highest BCUT2D eigenvalue weighted by Gasteiger charge is 2.33. The van der Waals surface area contributed by atoms with Gasteiger partial charge in [0.15, 0.2) is 0 Å². The van der Waals surface area contributed by atoms with Crippen LogP contribution in [0.5, 0.6) is 0 Å². The lowest BCUT2D eigenvalue weighted by molar-refractivity contribution is -0.152. The van der Waals surface area contributed by atoms with E-state index in [1.807, 2.05) is 30.3 Å². The molecule has 2 N–H and O–H groups in total. The molecule has 1 fully saturated rings. The van der Waals surface area contributed by atoms with Crippen molar-refractivity contribution in [2.75, 3.05) is 13.2 Å². The van der Waals surface area contributed by atoms with E-state index in [4.69, 9.17) is 4.74 Å². The van der Waals surface area contributed by atoms with Gasteiger partial charge in [0, 0.05) is 6.54 Å². The van der Waals surface area contributed by atoms with E-state index >= 15 is 0 Å². The van der Waals surface area contributed by atoms with Crippen molar-refractivity contribution in [2.24, 2.45) is 0 Å². The number of carbonyl (C=O) groups excluding carboxylic acids is 2. The van der Waals surface area contributed by atoms with Crippen molar-refractivity contribution in [3.8, 4) is 0 Å². The van der Waals surface area contributed by atoms with Gasteiger partial charge in [-0.15, -0.1) is 0 Å². The molecule has 0 radical (unpaired) electrons. The minimum Gasteiger partial charge on any atom is -0.480 e. The number of carboxylic acid groups (broad SMARTS) is 1. The summed E-state index contributed by atoms with van der Waals surface area (Å²) in [5, 5.41) is 12.8. The number of nitrogens with one attached hydrogen (secondary N) is 1. The van der Waals surface area contributed by atoms with Crippen molar-refractivity contribution >= 4 is 17.8 Å². The van der Waals surface area contributed by atoms with Gasteiger partial charge in [0.2, 0.25) is 5.91 Å². The van der Waals surface area contributed by atoms with Crippen molar-refractivity contribution in [3.63, 3.8) is 0 Å². The van der Waals surface area contributed by atoms with Crippen molar-refractivity contribution in [1.29, 1.82) is 0 Å². The number of esters is 1. The number of aryl methyl sites for hydroxylation is 1. The number of aliphatic carboxylic acids is 1. The van der Waals surface area contributed by atoms with Crippen LogP contribution in [0.2, 0.25) is 0 Å². The van der Waals surface area contributed by atoms with Crippen molar-refractivity contribution in [2.45, 2.75) is 83.3 Å². The third-order valence-corrected chi connectivity index (χ3v) is 5.78. The Kier molecular flexibility index (Phi) is 10.5. The molecule has 3 atom stereocenters. The molecule has 0 saturated carbocycles. The summed E-state index contributed by atoms with van der Waals surface area (Å²) in [6.45, 7) is 4.14. The Balaban J connectivity index is 2.09. The third kappa shape index (κ3) is 7.98. The lowest BCUT2D eigenvalue weighted by atomic mass is 10.0. The van der Waals surface area contributed by atoms with Crippen LogP contribution in [0.3, 0.4) is 0 Å². The fourth-order valence-corrected chi connectivity index (χ4v) is 4.07. The van der Waals surface area contributed by atoms with Crippen LogP contribution >= 0.6 is 0 Å². The highest BCUT2D eigenvalue weighted by molar-refractivity contribution is 5.87. The standard InChI is InChI=1S/C24H36N2O5/c1-3-31-24(30)20(16-15-19-12-8-7-9-13-19)25-18(2)22(27)26-17-11-6-4-5-10-14-21(26)23(28)29/h7-9,12-13,18,20-21,25H,3-6,10-11,14-17H2,1-2H3,(H,28,29)/t18?,20-,21-/m0/s1. The topological polar surface area (TPSA) is 95.9 Å². The number of nitrogens with zero attached hydrogens (tertiary/aromatic N) is 1. The van der Waals surface area contributed by atoms with E-state index in [9.17, 15) is 19.5 Å². The summed E-state index contributed by atoms with van der Waals surface area (Å²) in [6, 6.07) is 7.69. The molecule has 1 amide bonds. The maximum Gasteiger partial charge on any atom is 0.326 e. The molecule has 0 spiro atoms. The first kappa shape index (κ1) is 24.9. The maximum atomic E-state index is 13.2. The van der Waals surface area contributed by atoms with Crippen LogP contribution in [-0.2, 0) is 25.5 Å². The normalized spacial score (nSPS) is 19.4. The van der Waals surface area contributed by atoms with E-state index in [1.165, 1.54) is 4.90 Å². The van der Waals surface area contributed by atoms with E-state index in [0.29, 0.717) is 25.8 Å². The smallest absolute Gasteiger partial charge is 0.326 e. The number of rotatable bonds is 9.